The molecule has 2 aliphatic carbocycles. The average Bonchev–Trinajstić information content (AvgIpc) is 2.78. The number of hydrogen-bond donors (Lipinski definition) is 0. The molecule has 0 heterocycles. The fraction of sp³-hybridized carbons (Fsp3) is 0.444. The Labute approximate surface area is 173 Å². The molecule has 0 N–H and O–H groups in total. The third kappa shape index (κ3) is 5.24. The number of rotatable bonds is 3. The third-order valence-electron chi connectivity index (χ3n) is 5.03. The van der Waals surface area contributed by atoms with Crippen LogP contribution in [0, 0.1) is 13.8 Å². The Kier molecular flexibility index (Phi) is 10.7. The number of benzene rings is 1. The van der Waals surface area contributed by atoms with Gasteiger partial charge >= 0.3 is 137 Å². The van der Waals surface area contributed by atoms with Gasteiger partial charge in [-0.05, 0) is 0 Å². The molecule has 1 aromatic rings. The second-order valence-electron chi connectivity index (χ2n) is 6.27. The first kappa shape index (κ1) is 23.5. The molecule has 23 heavy (non-hydrogen) atoms. The molecule has 0 aromatic heterocycles. The summed E-state index contributed by atoms with van der Waals surface area (Å²) in [6.07, 6.45) is 8.09. The molecule has 1 unspecified atom stereocenters. The van der Waals surface area contributed by atoms with Gasteiger partial charge in [0.25, 0.3) is 0 Å². The van der Waals surface area contributed by atoms with Crippen molar-refractivity contribution < 1.29 is 57.7 Å². The van der Waals surface area contributed by atoms with Crippen molar-refractivity contribution in [2.75, 3.05) is 0 Å². The summed E-state index contributed by atoms with van der Waals surface area (Å²) >= 11 is 2.44. The van der Waals surface area contributed by atoms with Gasteiger partial charge in [-0.15, -0.1) is 0 Å². The van der Waals surface area contributed by atoms with Crippen LogP contribution in [0.4, 0.5) is 0 Å². The molecule has 0 radical (unpaired) electrons. The van der Waals surface area contributed by atoms with Crippen LogP contribution in [0.2, 0.25) is 10.3 Å². The zero-order chi connectivity index (χ0) is 14.1. The van der Waals surface area contributed by atoms with Crippen LogP contribution >= 0.6 is 0 Å². The van der Waals surface area contributed by atoms with Crippen molar-refractivity contribution in [3.8, 4) is 0 Å². The summed E-state index contributed by atoms with van der Waals surface area (Å²) in [5.74, 6) is 0. The van der Waals surface area contributed by atoms with Gasteiger partial charge in [0.05, 0.1) is 0 Å². The SMILES string of the molecule is Cc1cccc([SiH2]CC2=CC3=C(CCCC3)[CH]2[Ti+3])c1C.[Cl-].[Cl-].[Cl-]. The van der Waals surface area contributed by atoms with Crippen molar-refractivity contribution in [3.05, 3.63) is 52.1 Å². The molecule has 0 spiro atoms. The Morgan fingerprint density at radius 3 is 2.48 bits per heavy atom. The summed E-state index contributed by atoms with van der Waals surface area (Å²) in [6, 6.07) is 8.21. The molecule has 1 atom stereocenters. The Balaban J connectivity index is 0.00000161. The number of halogens is 3. The van der Waals surface area contributed by atoms with Crippen molar-refractivity contribution in [3.63, 3.8) is 0 Å². The van der Waals surface area contributed by atoms with Crippen LogP contribution in [0.15, 0.2) is 41.0 Å². The van der Waals surface area contributed by atoms with Gasteiger partial charge in [0.15, 0.2) is 0 Å². The first-order valence-corrected chi connectivity index (χ1v) is 10.5. The van der Waals surface area contributed by atoms with Crippen LogP contribution in [-0.4, -0.2) is 9.52 Å². The minimum atomic E-state index is -0.158. The van der Waals surface area contributed by atoms with Gasteiger partial charge in [0, 0.05) is 0 Å². The van der Waals surface area contributed by atoms with Gasteiger partial charge in [-0.1, -0.05) is 0 Å². The van der Waals surface area contributed by atoms with E-state index in [1.807, 2.05) is 0 Å². The van der Waals surface area contributed by atoms with E-state index in [9.17, 15) is 0 Å². The minimum Gasteiger partial charge on any atom is -1.00 e. The topological polar surface area (TPSA) is 0 Å². The summed E-state index contributed by atoms with van der Waals surface area (Å²) < 4.78 is 0.753. The Hall–Kier alpha value is 0.501. The second kappa shape index (κ2) is 10.5. The summed E-state index contributed by atoms with van der Waals surface area (Å²) in [5, 5.41) is 1.67. The number of allylic oxidation sites excluding steroid dienone is 4. The molecule has 3 rings (SSSR count). The standard InChI is InChI=1S/C18H23Si.3ClH.Ti/c1-13-6-5-9-18(14(13)2)19-12-15-10-16-7-3-4-8-17(16)11-15;;;;/h5-6,9-11H,3-4,7-8,12,19H2,1-2H3;3*1H;/q;;;;+3/p-3. The van der Waals surface area contributed by atoms with Crippen molar-refractivity contribution in [1.82, 2.24) is 0 Å². The van der Waals surface area contributed by atoms with E-state index in [2.05, 4.69) is 58.6 Å². The smallest absolute Gasteiger partial charge is 1.00 e. The fourth-order valence-corrected chi connectivity index (χ4v) is 6.82. The minimum absolute atomic E-state index is 0. The molecule has 0 saturated carbocycles. The van der Waals surface area contributed by atoms with Crippen LogP contribution in [0.25, 0.3) is 0 Å². The van der Waals surface area contributed by atoms with E-state index >= 15 is 0 Å². The molecule has 2 aliphatic rings. The van der Waals surface area contributed by atoms with E-state index < -0.39 is 0 Å². The normalized spacial score (nSPS) is 19.7. The van der Waals surface area contributed by atoms with Gasteiger partial charge in [-0.2, -0.15) is 0 Å². The molecule has 124 valence electrons. The predicted molar refractivity (Wildman–Crippen MR) is 86.2 cm³/mol. The van der Waals surface area contributed by atoms with Gasteiger partial charge in [0.2, 0.25) is 0 Å². The molecule has 0 saturated heterocycles. The molecule has 0 amide bonds. The molecule has 0 nitrogen and oxygen atoms in total. The van der Waals surface area contributed by atoms with Crippen LogP contribution < -0.4 is 42.4 Å². The molecular formula is C18H23Cl3SiTi. The second-order valence-corrected chi connectivity index (χ2v) is 8.93. The first-order valence-electron chi connectivity index (χ1n) is 7.85. The van der Waals surface area contributed by atoms with Crippen molar-refractivity contribution in [2.24, 2.45) is 0 Å². The monoisotopic (exact) mass is 420 g/mol. The van der Waals surface area contributed by atoms with E-state index in [0.29, 0.717) is 0 Å². The largest absolute Gasteiger partial charge is 1.00 e. The average molecular weight is 422 g/mol. The van der Waals surface area contributed by atoms with E-state index in [1.54, 1.807) is 27.5 Å². The maximum Gasteiger partial charge on any atom is -1.00 e. The summed E-state index contributed by atoms with van der Waals surface area (Å²) in [4.78, 5) is 0. The number of aryl methyl sites for hydroxylation is 1. The Morgan fingerprint density at radius 1 is 1.09 bits per heavy atom. The quantitative estimate of drug-likeness (QED) is 0.428. The Bertz CT molecular complexity index is 596. The van der Waals surface area contributed by atoms with Gasteiger partial charge in [-0.3, -0.25) is 0 Å². The zero-order valence-corrected chi connectivity index (χ0v) is 19.0. The van der Waals surface area contributed by atoms with E-state index in [4.69, 9.17) is 0 Å². The summed E-state index contributed by atoms with van der Waals surface area (Å²) in [6.45, 7) is 4.54. The van der Waals surface area contributed by atoms with Crippen molar-refractivity contribution in [2.45, 2.75) is 49.8 Å². The molecule has 0 aliphatic heterocycles. The van der Waals surface area contributed by atoms with E-state index in [-0.39, 0.29) is 46.7 Å². The first-order chi connectivity index (χ1) is 9.66. The summed E-state index contributed by atoms with van der Waals surface area (Å²) in [5.41, 5.74) is 8.23. The zero-order valence-electron chi connectivity index (χ0n) is 13.8. The molecule has 1 aromatic carbocycles. The fourth-order valence-electron chi connectivity index (χ4n) is 3.56. The van der Waals surface area contributed by atoms with Gasteiger partial charge < -0.3 is 37.2 Å². The molecular weight excluding hydrogens is 399 g/mol. The van der Waals surface area contributed by atoms with Crippen molar-refractivity contribution in [1.29, 1.82) is 0 Å². The van der Waals surface area contributed by atoms with Gasteiger partial charge in [-0.25, -0.2) is 0 Å². The van der Waals surface area contributed by atoms with Crippen molar-refractivity contribution >= 4 is 14.7 Å². The maximum absolute atomic E-state index is 2.57. The van der Waals surface area contributed by atoms with Crippen LogP contribution in [0.3, 0.4) is 0 Å². The molecule has 0 fully saturated rings. The number of hydrogen-bond acceptors (Lipinski definition) is 0. The molecule has 5 heteroatoms. The van der Waals surface area contributed by atoms with Gasteiger partial charge in [0.1, 0.15) is 0 Å². The predicted octanol–water partition coefficient (Wildman–Crippen LogP) is -5.33. The third-order valence-corrected chi connectivity index (χ3v) is 8.29. The van der Waals surface area contributed by atoms with E-state index in [1.165, 1.54) is 37.3 Å². The van der Waals surface area contributed by atoms with Crippen LogP contribution in [-0.2, 0) is 20.4 Å². The van der Waals surface area contributed by atoms with Crippen LogP contribution in [0.1, 0.15) is 36.8 Å². The Morgan fingerprint density at radius 2 is 1.78 bits per heavy atom. The molecule has 0 bridgehead atoms. The van der Waals surface area contributed by atoms with E-state index in [0.717, 1.165) is 4.22 Å². The summed E-state index contributed by atoms with van der Waals surface area (Å²) in [7, 11) is -0.158. The maximum atomic E-state index is 2.57. The van der Waals surface area contributed by atoms with Crippen LogP contribution in [0.5, 0.6) is 0 Å².